The van der Waals surface area contributed by atoms with Crippen LogP contribution in [0.1, 0.15) is 39.5 Å². The van der Waals surface area contributed by atoms with E-state index in [9.17, 15) is 4.79 Å². The summed E-state index contributed by atoms with van der Waals surface area (Å²) in [5, 5.41) is 6.17. The summed E-state index contributed by atoms with van der Waals surface area (Å²) in [6.07, 6.45) is 4.86. The second-order valence-corrected chi connectivity index (χ2v) is 4.82. The minimum Gasteiger partial charge on any atom is -0.381 e. The lowest BCUT2D eigenvalue weighted by atomic mass is 9.93. The van der Waals surface area contributed by atoms with Crippen LogP contribution in [0.3, 0.4) is 0 Å². The third-order valence-corrected chi connectivity index (χ3v) is 2.96. The van der Waals surface area contributed by atoms with Crippen LogP contribution >= 0.6 is 0 Å². The molecule has 0 radical (unpaired) electrons. The largest absolute Gasteiger partial charge is 0.381 e. The van der Waals surface area contributed by atoms with E-state index in [4.69, 9.17) is 4.74 Å². The van der Waals surface area contributed by atoms with E-state index >= 15 is 0 Å². The van der Waals surface area contributed by atoms with Gasteiger partial charge >= 0.3 is 0 Å². The molecule has 16 heavy (non-hydrogen) atoms. The summed E-state index contributed by atoms with van der Waals surface area (Å²) in [6.45, 7) is 4.36. The first-order chi connectivity index (χ1) is 7.61. The number of methoxy groups -OCH3 is 1. The van der Waals surface area contributed by atoms with Gasteiger partial charge < -0.3 is 15.4 Å². The van der Waals surface area contributed by atoms with Gasteiger partial charge in [0.05, 0.1) is 12.6 Å². The smallest absolute Gasteiger partial charge is 0.234 e. The van der Waals surface area contributed by atoms with E-state index in [0.717, 1.165) is 19.3 Å². The third-order valence-electron chi connectivity index (χ3n) is 2.96. The normalized spacial score (nSPS) is 25.8. The Kier molecular flexibility index (Phi) is 5.77. The molecule has 2 N–H and O–H groups in total. The summed E-state index contributed by atoms with van der Waals surface area (Å²) in [6, 6.07) is 0.643. The highest BCUT2D eigenvalue weighted by Crippen LogP contribution is 2.20. The minimum absolute atomic E-state index is 0.0783. The molecule has 1 aliphatic rings. The Hall–Kier alpha value is -0.610. The monoisotopic (exact) mass is 228 g/mol. The summed E-state index contributed by atoms with van der Waals surface area (Å²) in [7, 11) is 1.76. The molecule has 0 saturated heterocycles. The molecule has 1 rings (SSSR count). The Morgan fingerprint density at radius 2 is 2.19 bits per heavy atom. The summed E-state index contributed by atoms with van der Waals surface area (Å²) in [4.78, 5) is 11.4. The van der Waals surface area contributed by atoms with E-state index in [-0.39, 0.29) is 11.9 Å². The van der Waals surface area contributed by atoms with E-state index in [0.29, 0.717) is 18.7 Å². The lowest BCUT2D eigenvalue weighted by molar-refractivity contribution is -0.120. The second-order valence-electron chi connectivity index (χ2n) is 4.82. The van der Waals surface area contributed by atoms with Crippen LogP contribution < -0.4 is 10.6 Å². The number of nitrogens with one attached hydrogen (secondary N) is 2. The van der Waals surface area contributed by atoms with Crippen LogP contribution in [-0.2, 0) is 9.53 Å². The van der Waals surface area contributed by atoms with E-state index in [1.54, 1.807) is 7.11 Å². The number of carbonyl (C=O) groups excluding carboxylic acids is 1. The molecule has 0 aliphatic heterocycles. The lowest BCUT2D eigenvalue weighted by Crippen LogP contribution is -2.43. The highest BCUT2D eigenvalue weighted by molar-refractivity contribution is 5.78. The fourth-order valence-corrected chi connectivity index (χ4v) is 2.15. The molecule has 94 valence electrons. The Morgan fingerprint density at radius 1 is 1.44 bits per heavy atom. The van der Waals surface area contributed by atoms with Crippen LogP contribution in [0.15, 0.2) is 0 Å². The standard InChI is InChI=1S/C12H24N2O2/c1-9(2)14-12(15)8-13-10-5-4-6-11(7-10)16-3/h9-11,13H,4-8H2,1-3H3,(H,14,15). The summed E-state index contributed by atoms with van der Waals surface area (Å²) >= 11 is 0. The van der Waals surface area contributed by atoms with Gasteiger partial charge in [0, 0.05) is 19.2 Å². The van der Waals surface area contributed by atoms with Crippen LogP contribution in [0.2, 0.25) is 0 Å². The van der Waals surface area contributed by atoms with Crippen molar-refractivity contribution in [3.05, 3.63) is 0 Å². The van der Waals surface area contributed by atoms with Crippen molar-refractivity contribution >= 4 is 5.91 Å². The molecule has 4 heteroatoms. The molecule has 2 unspecified atom stereocenters. The molecule has 1 saturated carbocycles. The molecule has 0 aromatic heterocycles. The Labute approximate surface area is 98.1 Å². The fraction of sp³-hybridized carbons (Fsp3) is 0.917. The Balaban J connectivity index is 2.19. The zero-order chi connectivity index (χ0) is 12.0. The average Bonchev–Trinajstić information content (AvgIpc) is 2.26. The van der Waals surface area contributed by atoms with Gasteiger partial charge in [-0.2, -0.15) is 0 Å². The number of rotatable bonds is 5. The first-order valence-corrected chi connectivity index (χ1v) is 6.17. The van der Waals surface area contributed by atoms with Crippen LogP contribution in [0.5, 0.6) is 0 Å². The number of hydrogen-bond donors (Lipinski definition) is 2. The highest BCUT2D eigenvalue weighted by atomic mass is 16.5. The number of ether oxygens (including phenoxy) is 1. The van der Waals surface area contributed by atoms with E-state index in [2.05, 4.69) is 10.6 Å². The van der Waals surface area contributed by atoms with E-state index < -0.39 is 0 Å². The Bertz CT molecular complexity index is 219. The van der Waals surface area contributed by atoms with Crippen molar-refractivity contribution in [2.45, 2.75) is 57.7 Å². The van der Waals surface area contributed by atoms with Crippen molar-refractivity contribution in [3.63, 3.8) is 0 Å². The molecule has 1 amide bonds. The fourth-order valence-electron chi connectivity index (χ4n) is 2.15. The molecule has 0 aromatic rings. The zero-order valence-electron chi connectivity index (χ0n) is 10.6. The maximum Gasteiger partial charge on any atom is 0.234 e. The van der Waals surface area contributed by atoms with Gasteiger partial charge in [0.25, 0.3) is 0 Å². The van der Waals surface area contributed by atoms with Crippen molar-refractivity contribution in [1.29, 1.82) is 0 Å². The summed E-state index contributed by atoms with van der Waals surface area (Å²) in [5.74, 6) is 0.0783. The molecule has 4 nitrogen and oxygen atoms in total. The van der Waals surface area contributed by atoms with Gasteiger partial charge in [-0.25, -0.2) is 0 Å². The zero-order valence-corrected chi connectivity index (χ0v) is 10.6. The number of carbonyl (C=O) groups is 1. The van der Waals surface area contributed by atoms with Crippen LogP contribution in [0.25, 0.3) is 0 Å². The molecular formula is C12H24N2O2. The molecule has 0 spiro atoms. The van der Waals surface area contributed by atoms with Crippen molar-refractivity contribution in [3.8, 4) is 0 Å². The van der Waals surface area contributed by atoms with Crippen LogP contribution in [0, 0.1) is 0 Å². The van der Waals surface area contributed by atoms with Gasteiger partial charge in [-0.05, 0) is 39.5 Å². The summed E-state index contributed by atoms with van der Waals surface area (Å²) in [5.41, 5.74) is 0. The predicted molar refractivity (Wildman–Crippen MR) is 64.3 cm³/mol. The SMILES string of the molecule is COC1CCCC(NCC(=O)NC(C)C)C1. The quantitative estimate of drug-likeness (QED) is 0.739. The number of amides is 1. The maximum absolute atomic E-state index is 11.4. The topological polar surface area (TPSA) is 50.4 Å². The highest BCUT2D eigenvalue weighted by Gasteiger charge is 2.21. The van der Waals surface area contributed by atoms with Crippen LogP contribution in [-0.4, -0.2) is 37.7 Å². The lowest BCUT2D eigenvalue weighted by Gasteiger charge is -2.28. The summed E-state index contributed by atoms with van der Waals surface area (Å²) < 4.78 is 5.35. The molecular weight excluding hydrogens is 204 g/mol. The van der Waals surface area contributed by atoms with Gasteiger partial charge in [0.2, 0.25) is 5.91 Å². The van der Waals surface area contributed by atoms with Crippen LogP contribution in [0.4, 0.5) is 0 Å². The molecule has 2 atom stereocenters. The van der Waals surface area contributed by atoms with Gasteiger partial charge in [-0.15, -0.1) is 0 Å². The van der Waals surface area contributed by atoms with Crippen molar-refractivity contribution in [1.82, 2.24) is 10.6 Å². The molecule has 0 bridgehead atoms. The number of hydrogen-bond acceptors (Lipinski definition) is 3. The molecule has 0 heterocycles. The van der Waals surface area contributed by atoms with Crippen molar-refractivity contribution in [2.75, 3.05) is 13.7 Å². The van der Waals surface area contributed by atoms with E-state index in [1.807, 2.05) is 13.8 Å². The first-order valence-electron chi connectivity index (χ1n) is 6.17. The van der Waals surface area contributed by atoms with E-state index in [1.165, 1.54) is 6.42 Å². The predicted octanol–water partition coefficient (Wildman–Crippen LogP) is 1.06. The van der Waals surface area contributed by atoms with Gasteiger partial charge in [-0.1, -0.05) is 0 Å². The Morgan fingerprint density at radius 3 is 2.81 bits per heavy atom. The second kappa shape index (κ2) is 6.86. The average molecular weight is 228 g/mol. The first kappa shape index (κ1) is 13.5. The molecule has 0 aromatic carbocycles. The van der Waals surface area contributed by atoms with Gasteiger partial charge in [-0.3, -0.25) is 4.79 Å². The van der Waals surface area contributed by atoms with Gasteiger partial charge in [0.15, 0.2) is 0 Å². The molecule has 1 aliphatic carbocycles. The van der Waals surface area contributed by atoms with Crippen molar-refractivity contribution < 1.29 is 9.53 Å². The maximum atomic E-state index is 11.4. The van der Waals surface area contributed by atoms with Gasteiger partial charge in [0.1, 0.15) is 0 Å². The minimum atomic E-state index is 0.0783. The third kappa shape index (κ3) is 4.94. The molecule has 1 fully saturated rings. The van der Waals surface area contributed by atoms with Crippen molar-refractivity contribution in [2.24, 2.45) is 0 Å².